The van der Waals surface area contributed by atoms with Crippen molar-refractivity contribution in [1.82, 2.24) is 4.90 Å². The van der Waals surface area contributed by atoms with Crippen LogP contribution in [0.25, 0.3) is 0 Å². The van der Waals surface area contributed by atoms with E-state index in [0.717, 1.165) is 51.0 Å². The molecule has 1 aromatic rings. The molecule has 0 aromatic heterocycles. The Morgan fingerprint density at radius 2 is 1.79 bits per heavy atom. The average Bonchev–Trinajstić information content (AvgIpc) is 2.68. The van der Waals surface area contributed by atoms with Crippen molar-refractivity contribution in [3.05, 3.63) is 35.4 Å². The molecule has 0 bridgehead atoms. The van der Waals surface area contributed by atoms with Crippen LogP contribution >= 0.6 is 24.8 Å². The fourth-order valence-corrected chi connectivity index (χ4v) is 5.08. The van der Waals surface area contributed by atoms with Crippen molar-refractivity contribution in [2.75, 3.05) is 6.54 Å². The molecule has 166 valence electrons. The molecule has 3 rings (SSSR count). The maximum atomic E-state index is 11.7. The van der Waals surface area contributed by atoms with Gasteiger partial charge in [-0.3, -0.25) is 9.69 Å². The second-order valence-corrected chi connectivity index (χ2v) is 8.81. The number of carboxylic acids is 1. The van der Waals surface area contributed by atoms with Gasteiger partial charge in [-0.1, -0.05) is 63.3 Å². The van der Waals surface area contributed by atoms with Gasteiger partial charge in [0.25, 0.3) is 0 Å². The third-order valence-electron chi connectivity index (χ3n) is 6.78. The van der Waals surface area contributed by atoms with Crippen molar-refractivity contribution in [3.63, 3.8) is 0 Å². The zero-order valence-electron chi connectivity index (χ0n) is 17.9. The van der Waals surface area contributed by atoms with E-state index in [1.165, 1.54) is 49.8 Å². The SMILES string of the molecule is CCCCC(CCC1Cc2ccccc2CN1CC1CCCCC1)C(=O)O.Cl.Cl. The summed E-state index contributed by atoms with van der Waals surface area (Å²) in [5.41, 5.74) is 2.95. The molecule has 5 heteroatoms. The summed E-state index contributed by atoms with van der Waals surface area (Å²) in [4.78, 5) is 14.4. The van der Waals surface area contributed by atoms with Gasteiger partial charge in [-0.05, 0) is 55.6 Å². The number of unbranched alkanes of at least 4 members (excludes halogenated alkanes) is 1. The Balaban J connectivity index is 0.00000210. The van der Waals surface area contributed by atoms with E-state index in [2.05, 4.69) is 36.1 Å². The fourth-order valence-electron chi connectivity index (χ4n) is 5.08. The molecule has 0 saturated heterocycles. The van der Waals surface area contributed by atoms with Gasteiger partial charge in [0.15, 0.2) is 0 Å². The number of halogens is 2. The summed E-state index contributed by atoms with van der Waals surface area (Å²) in [6.07, 6.45) is 12.8. The first-order valence-corrected chi connectivity index (χ1v) is 11.2. The van der Waals surface area contributed by atoms with Gasteiger partial charge in [0.2, 0.25) is 0 Å². The normalized spacial score (nSPS) is 20.8. The van der Waals surface area contributed by atoms with E-state index in [9.17, 15) is 9.90 Å². The molecule has 0 spiro atoms. The Bertz CT molecular complexity index is 604. The van der Waals surface area contributed by atoms with Crippen LogP contribution in [0, 0.1) is 11.8 Å². The van der Waals surface area contributed by atoms with Crippen LogP contribution in [0.3, 0.4) is 0 Å². The van der Waals surface area contributed by atoms with Gasteiger partial charge in [0, 0.05) is 19.1 Å². The van der Waals surface area contributed by atoms with E-state index in [0.29, 0.717) is 6.04 Å². The molecule has 2 aliphatic rings. The van der Waals surface area contributed by atoms with Crippen LogP contribution < -0.4 is 0 Å². The van der Waals surface area contributed by atoms with E-state index in [4.69, 9.17) is 0 Å². The zero-order chi connectivity index (χ0) is 19.1. The first-order valence-electron chi connectivity index (χ1n) is 11.2. The predicted molar refractivity (Wildman–Crippen MR) is 125 cm³/mol. The van der Waals surface area contributed by atoms with Gasteiger partial charge in [-0.2, -0.15) is 0 Å². The number of rotatable bonds is 9. The Morgan fingerprint density at radius 1 is 1.10 bits per heavy atom. The minimum absolute atomic E-state index is 0. The number of benzene rings is 1. The fraction of sp³-hybridized carbons (Fsp3) is 0.708. The Morgan fingerprint density at radius 3 is 2.45 bits per heavy atom. The highest BCUT2D eigenvalue weighted by atomic mass is 35.5. The van der Waals surface area contributed by atoms with E-state index >= 15 is 0 Å². The molecule has 1 aliphatic carbocycles. The van der Waals surface area contributed by atoms with Crippen molar-refractivity contribution < 1.29 is 9.90 Å². The van der Waals surface area contributed by atoms with Crippen molar-refractivity contribution in [3.8, 4) is 0 Å². The topological polar surface area (TPSA) is 40.5 Å². The lowest BCUT2D eigenvalue weighted by Crippen LogP contribution is -2.43. The minimum Gasteiger partial charge on any atom is -0.481 e. The standard InChI is InChI=1S/C24H37NO2.2ClH/c1-2-3-11-20(24(26)27)14-15-23-16-21-12-7-8-13-22(21)18-25(23)17-19-9-5-4-6-10-19;;/h7-8,12-13,19-20,23H,2-6,9-11,14-18H2,1H3,(H,26,27);2*1H. The largest absolute Gasteiger partial charge is 0.481 e. The van der Waals surface area contributed by atoms with E-state index in [-0.39, 0.29) is 30.7 Å². The highest BCUT2D eigenvalue weighted by Crippen LogP contribution is 2.31. The van der Waals surface area contributed by atoms with Crippen LogP contribution in [-0.4, -0.2) is 28.6 Å². The minimum atomic E-state index is -0.599. The van der Waals surface area contributed by atoms with Crippen LogP contribution in [0.4, 0.5) is 0 Å². The van der Waals surface area contributed by atoms with Gasteiger partial charge >= 0.3 is 5.97 Å². The number of carbonyl (C=O) groups is 1. The molecule has 1 saturated carbocycles. The quantitative estimate of drug-likeness (QED) is 0.472. The molecule has 3 nitrogen and oxygen atoms in total. The number of hydrogen-bond acceptors (Lipinski definition) is 2. The number of carboxylic acid groups (broad SMARTS) is 1. The molecule has 1 aliphatic heterocycles. The molecular weight excluding hydrogens is 405 g/mol. The number of aliphatic carboxylic acids is 1. The zero-order valence-corrected chi connectivity index (χ0v) is 19.5. The summed E-state index contributed by atoms with van der Waals surface area (Å²) < 4.78 is 0. The summed E-state index contributed by atoms with van der Waals surface area (Å²) in [5.74, 6) is 0.0685. The van der Waals surface area contributed by atoms with Crippen LogP contribution in [0.1, 0.15) is 82.3 Å². The second-order valence-electron chi connectivity index (χ2n) is 8.81. The molecule has 0 radical (unpaired) electrons. The van der Waals surface area contributed by atoms with E-state index < -0.39 is 5.97 Å². The molecule has 2 atom stereocenters. The lowest BCUT2D eigenvalue weighted by atomic mass is 9.85. The van der Waals surface area contributed by atoms with Crippen LogP contribution in [0.5, 0.6) is 0 Å². The summed E-state index contributed by atoms with van der Waals surface area (Å²) in [5, 5.41) is 9.60. The molecule has 1 N–H and O–H groups in total. The van der Waals surface area contributed by atoms with Crippen LogP contribution in [-0.2, 0) is 17.8 Å². The molecule has 0 amide bonds. The third kappa shape index (κ3) is 7.77. The van der Waals surface area contributed by atoms with Gasteiger partial charge in [-0.15, -0.1) is 24.8 Å². The third-order valence-corrected chi connectivity index (χ3v) is 6.78. The molecule has 29 heavy (non-hydrogen) atoms. The van der Waals surface area contributed by atoms with E-state index in [1.807, 2.05) is 0 Å². The summed E-state index contributed by atoms with van der Waals surface area (Å²) in [6, 6.07) is 9.36. The average molecular weight is 444 g/mol. The number of hydrogen-bond donors (Lipinski definition) is 1. The Hall–Kier alpha value is -0.770. The maximum absolute atomic E-state index is 11.7. The Kier molecular flexibility index (Phi) is 12.2. The molecule has 1 aromatic carbocycles. The summed E-state index contributed by atoms with van der Waals surface area (Å²) in [6.45, 7) is 4.39. The molecular formula is C24H39Cl2NO2. The summed E-state index contributed by atoms with van der Waals surface area (Å²) in [7, 11) is 0. The van der Waals surface area contributed by atoms with Crippen molar-refractivity contribution in [2.45, 2.75) is 90.1 Å². The smallest absolute Gasteiger partial charge is 0.306 e. The van der Waals surface area contributed by atoms with Crippen molar-refractivity contribution in [1.29, 1.82) is 0 Å². The van der Waals surface area contributed by atoms with Gasteiger partial charge in [0.05, 0.1) is 5.92 Å². The number of nitrogens with zero attached hydrogens (tertiary/aromatic N) is 1. The second kappa shape index (κ2) is 13.5. The predicted octanol–water partition coefficient (Wildman–Crippen LogP) is 6.51. The number of fused-ring (bicyclic) bond motifs is 1. The summed E-state index contributed by atoms with van der Waals surface area (Å²) >= 11 is 0. The highest BCUT2D eigenvalue weighted by molar-refractivity contribution is 5.85. The maximum Gasteiger partial charge on any atom is 0.306 e. The molecule has 1 heterocycles. The van der Waals surface area contributed by atoms with Crippen molar-refractivity contribution >= 4 is 30.8 Å². The first-order chi connectivity index (χ1) is 13.2. The monoisotopic (exact) mass is 443 g/mol. The Labute approximate surface area is 189 Å². The van der Waals surface area contributed by atoms with Crippen molar-refractivity contribution in [2.24, 2.45) is 11.8 Å². The first kappa shape index (κ1) is 26.3. The lowest BCUT2D eigenvalue weighted by Gasteiger charge is -2.40. The molecule has 2 unspecified atom stereocenters. The van der Waals surface area contributed by atoms with Crippen LogP contribution in [0.2, 0.25) is 0 Å². The van der Waals surface area contributed by atoms with E-state index in [1.54, 1.807) is 0 Å². The van der Waals surface area contributed by atoms with Gasteiger partial charge in [0.1, 0.15) is 0 Å². The highest BCUT2D eigenvalue weighted by Gasteiger charge is 2.29. The van der Waals surface area contributed by atoms with Gasteiger partial charge < -0.3 is 5.11 Å². The lowest BCUT2D eigenvalue weighted by molar-refractivity contribution is -0.142. The molecule has 1 fully saturated rings. The van der Waals surface area contributed by atoms with Crippen LogP contribution in [0.15, 0.2) is 24.3 Å². The van der Waals surface area contributed by atoms with Gasteiger partial charge in [-0.25, -0.2) is 0 Å².